The summed E-state index contributed by atoms with van der Waals surface area (Å²) in [5, 5.41) is 4.63. The third kappa shape index (κ3) is 5.55. The summed E-state index contributed by atoms with van der Waals surface area (Å²) < 4.78 is 2.34. The highest BCUT2D eigenvalue weighted by Gasteiger charge is 2.25. The molecule has 274 valence electrons. The van der Waals surface area contributed by atoms with Gasteiger partial charge in [0.25, 0.3) is 0 Å². The second kappa shape index (κ2) is 13.3. The molecule has 0 unspecified atom stereocenters. The Bertz CT molecular complexity index is 3360. The van der Waals surface area contributed by atoms with E-state index in [1.807, 2.05) is 0 Å². The van der Waals surface area contributed by atoms with Gasteiger partial charge in [-0.05, 0) is 74.1 Å². The second-order valence-corrected chi connectivity index (χ2v) is 15.1. The third-order valence-electron chi connectivity index (χ3n) is 11.6. The van der Waals surface area contributed by atoms with Crippen molar-refractivity contribution in [2.75, 3.05) is 0 Å². The molecule has 59 heavy (non-hydrogen) atoms. The summed E-state index contributed by atoms with van der Waals surface area (Å²) in [5.41, 5.74) is 14.1. The Kier molecular flexibility index (Phi) is 7.47. The van der Waals surface area contributed by atoms with E-state index in [1.54, 1.807) is 0 Å². The van der Waals surface area contributed by atoms with Crippen LogP contribution in [0.3, 0.4) is 0 Å². The zero-order valence-corrected chi connectivity index (χ0v) is 31.8. The normalized spacial score (nSPS) is 11.7. The van der Waals surface area contributed by atoms with E-state index >= 15 is 0 Å². The van der Waals surface area contributed by atoms with Crippen molar-refractivity contribution < 1.29 is 0 Å². The van der Waals surface area contributed by atoms with Gasteiger partial charge in [0.05, 0.1) is 16.7 Å². The Morgan fingerprint density at radius 2 is 0.763 bits per heavy atom. The number of benzene rings is 9. The molecule has 5 heteroatoms. The average Bonchev–Trinajstić information content (AvgIpc) is 3.65. The van der Waals surface area contributed by atoms with E-state index in [0.717, 1.165) is 66.7 Å². The lowest BCUT2D eigenvalue weighted by Gasteiger charge is -2.13. The lowest BCUT2D eigenvalue weighted by Crippen LogP contribution is -2.00. The molecule has 0 radical (unpaired) electrons. The predicted molar refractivity (Wildman–Crippen MR) is 241 cm³/mol. The van der Waals surface area contributed by atoms with Crippen molar-refractivity contribution >= 4 is 32.6 Å². The van der Waals surface area contributed by atoms with Crippen LogP contribution < -0.4 is 0 Å². The van der Waals surface area contributed by atoms with Crippen LogP contribution in [0.4, 0.5) is 0 Å². The molecule has 0 aliphatic carbocycles. The molecule has 0 fully saturated rings. The fraction of sp³-hybridized carbons (Fsp3) is 0. The molecule has 1 aliphatic rings. The summed E-state index contributed by atoms with van der Waals surface area (Å²) in [6, 6.07) is 70.6. The topological polar surface area (TPSA) is 56.5 Å². The maximum Gasteiger partial charge on any atom is 0.164 e. The molecule has 0 amide bonds. The van der Waals surface area contributed by atoms with Gasteiger partial charge in [-0.1, -0.05) is 170 Å². The first-order chi connectivity index (χ1) is 29.2. The molecule has 0 atom stereocenters. The number of para-hydroxylation sites is 2. The van der Waals surface area contributed by atoms with Crippen LogP contribution in [0.25, 0.3) is 117 Å². The second-order valence-electron chi connectivity index (χ2n) is 15.1. The summed E-state index contributed by atoms with van der Waals surface area (Å²) in [6.07, 6.45) is 0. The number of rotatable bonds is 5. The van der Waals surface area contributed by atoms with Crippen molar-refractivity contribution in [3.63, 3.8) is 0 Å². The Hall–Kier alpha value is -8.02. The van der Waals surface area contributed by atoms with E-state index in [0.29, 0.717) is 17.5 Å². The van der Waals surface area contributed by atoms with E-state index in [4.69, 9.17) is 19.9 Å². The van der Waals surface area contributed by atoms with Crippen molar-refractivity contribution in [2.45, 2.75) is 0 Å². The first-order valence-corrected chi connectivity index (χ1v) is 19.9. The number of fused-ring (bicyclic) bond motifs is 7. The monoisotopic (exact) mass is 751 g/mol. The largest absolute Gasteiger partial charge is 0.291 e. The number of hydrogen-bond acceptors (Lipinski definition) is 4. The number of aromatic nitrogens is 5. The molecule has 11 aromatic rings. The van der Waals surface area contributed by atoms with Crippen LogP contribution in [-0.4, -0.2) is 24.5 Å². The fourth-order valence-corrected chi connectivity index (χ4v) is 8.69. The van der Waals surface area contributed by atoms with Crippen molar-refractivity contribution in [3.05, 3.63) is 200 Å². The van der Waals surface area contributed by atoms with Gasteiger partial charge in [0.15, 0.2) is 17.5 Å². The zero-order chi connectivity index (χ0) is 38.9. The predicted octanol–water partition coefficient (Wildman–Crippen LogP) is 13.5. The lowest BCUT2D eigenvalue weighted by atomic mass is 9.94. The lowest BCUT2D eigenvalue weighted by molar-refractivity contribution is 1.08. The standard InChI is InChI=1S/C54H33N5/c1-3-13-38-32-42(29-25-34(38)11-1)52-56-51(57-53(58-52)43-30-26-35-12-2-4-14-39(35)33-43)41-16-9-15-40(31-41)36-23-27-37(28-24-36)54-55-48-21-10-20-47-45-18-6-5-17-44(45)46-19-7-8-22-49(46)59(54)50(47)48/h1-33H. The smallest absolute Gasteiger partial charge is 0.164 e. The number of imidazole rings is 1. The number of nitrogens with zero attached hydrogens (tertiary/aromatic N) is 5. The molecule has 1 aliphatic heterocycles. The molecule has 0 bridgehead atoms. The Labute approximate surface area is 340 Å². The van der Waals surface area contributed by atoms with Gasteiger partial charge in [-0.2, -0.15) is 0 Å². The van der Waals surface area contributed by atoms with Crippen LogP contribution in [0.1, 0.15) is 0 Å². The maximum absolute atomic E-state index is 5.26. The summed E-state index contributed by atoms with van der Waals surface area (Å²) in [5.74, 6) is 2.82. The summed E-state index contributed by atoms with van der Waals surface area (Å²) in [6.45, 7) is 0. The zero-order valence-electron chi connectivity index (χ0n) is 31.8. The van der Waals surface area contributed by atoms with Crippen LogP contribution in [0.15, 0.2) is 200 Å². The summed E-state index contributed by atoms with van der Waals surface area (Å²) in [7, 11) is 0. The Morgan fingerprint density at radius 3 is 1.42 bits per heavy atom. The van der Waals surface area contributed by atoms with E-state index in [9.17, 15) is 0 Å². The molecule has 0 spiro atoms. The van der Waals surface area contributed by atoms with Gasteiger partial charge in [0.1, 0.15) is 5.82 Å². The third-order valence-corrected chi connectivity index (χ3v) is 11.6. The average molecular weight is 752 g/mol. The van der Waals surface area contributed by atoms with Crippen LogP contribution in [0.2, 0.25) is 0 Å². The van der Waals surface area contributed by atoms with Gasteiger partial charge in [-0.15, -0.1) is 0 Å². The van der Waals surface area contributed by atoms with Crippen LogP contribution in [0, 0.1) is 0 Å². The highest BCUT2D eigenvalue weighted by molar-refractivity contribution is 6.03. The van der Waals surface area contributed by atoms with E-state index in [-0.39, 0.29) is 0 Å². The van der Waals surface area contributed by atoms with Gasteiger partial charge in [0.2, 0.25) is 0 Å². The summed E-state index contributed by atoms with van der Waals surface area (Å²) in [4.78, 5) is 20.6. The fourth-order valence-electron chi connectivity index (χ4n) is 8.69. The first kappa shape index (κ1) is 33.2. The molecule has 0 N–H and O–H groups in total. The van der Waals surface area contributed by atoms with Gasteiger partial charge >= 0.3 is 0 Å². The SMILES string of the molecule is c1cc(-c2ccc(-c3nc4cccc5c4n3-c3ccccc3-c3ccccc3-5)cc2)cc(-c2nc(-c3ccc4ccccc4c3)nc(-c3ccc4ccccc4c3)n2)c1. The van der Waals surface area contributed by atoms with Gasteiger partial charge in [-0.25, -0.2) is 19.9 Å². The van der Waals surface area contributed by atoms with Crippen molar-refractivity contribution in [3.8, 4) is 84.6 Å². The molecule has 3 heterocycles. The van der Waals surface area contributed by atoms with E-state index in [2.05, 4.69) is 205 Å². The molecule has 9 aromatic carbocycles. The summed E-state index contributed by atoms with van der Waals surface area (Å²) >= 11 is 0. The number of hydrogen-bond donors (Lipinski definition) is 0. The van der Waals surface area contributed by atoms with Crippen LogP contribution >= 0.6 is 0 Å². The first-order valence-electron chi connectivity index (χ1n) is 19.9. The molecule has 2 aromatic heterocycles. The Morgan fingerprint density at radius 1 is 0.288 bits per heavy atom. The molecule has 12 rings (SSSR count). The van der Waals surface area contributed by atoms with Gasteiger partial charge < -0.3 is 0 Å². The highest BCUT2D eigenvalue weighted by atomic mass is 15.1. The minimum atomic E-state index is 0.625. The van der Waals surface area contributed by atoms with Crippen LogP contribution in [-0.2, 0) is 0 Å². The van der Waals surface area contributed by atoms with Crippen LogP contribution in [0.5, 0.6) is 0 Å². The van der Waals surface area contributed by atoms with E-state index < -0.39 is 0 Å². The van der Waals surface area contributed by atoms with Gasteiger partial charge in [-0.3, -0.25) is 4.57 Å². The highest BCUT2D eigenvalue weighted by Crippen LogP contribution is 2.45. The minimum absolute atomic E-state index is 0.625. The van der Waals surface area contributed by atoms with Crippen molar-refractivity contribution in [1.82, 2.24) is 24.5 Å². The van der Waals surface area contributed by atoms with E-state index in [1.165, 1.54) is 33.0 Å². The van der Waals surface area contributed by atoms with Crippen molar-refractivity contribution in [2.24, 2.45) is 0 Å². The molecular formula is C54H33N5. The molecule has 5 nitrogen and oxygen atoms in total. The quantitative estimate of drug-likeness (QED) is 0.176. The van der Waals surface area contributed by atoms with Gasteiger partial charge in [0, 0.05) is 33.4 Å². The minimum Gasteiger partial charge on any atom is -0.291 e. The molecular weight excluding hydrogens is 719 g/mol. The Balaban J connectivity index is 0.956. The molecule has 0 saturated heterocycles. The molecule has 0 saturated carbocycles. The van der Waals surface area contributed by atoms with Crippen molar-refractivity contribution in [1.29, 1.82) is 0 Å². The maximum atomic E-state index is 5.26.